The Hall–Kier alpha value is -0.940. The van der Waals surface area contributed by atoms with Crippen molar-refractivity contribution in [2.24, 2.45) is 7.05 Å². The molecule has 0 bridgehead atoms. The van der Waals surface area contributed by atoms with E-state index in [-0.39, 0.29) is 0 Å². The first-order valence-corrected chi connectivity index (χ1v) is 5.48. The Morgan fingerprint density at radius 1 is 1.40 bits per heavy atom. The van der Waals surface area contributed by atoms with Gasteiger partial charge >= 0.3 is 0 Å². The van der Waals surface area contributed by atoms with Gasteiger partial charge in [0.2, 0.25) is 0 Å². The lowest BCUT2D eigenvalue weighted by molar-refractivity contribution is 0.546. The Morgan fingerprint density at radius 3 is 2.80 bits per heavy atom. The fourth-order valence-corrected chi connectivity index (χ4v) is 1.30. The molecule has 1 aromatic heterocycles. The molecular formula is C10H21N5. The molecule has 0 aromatic carbocycles. The van der Waals surface area contributed by atoms with Crippen LogP contribution in [0.3, 0.4) is 0 Å². The quantitative estimate of drug-likeness (QED) is 0.637. The van der Waals surface area contributed by atoms with Gasteiger partial charge in [0.15, 0.2) is 0 Å². The fourth-order valence-electron chi connectivity index (χ4n) is 1.30. The summed E-state index contributed by atoms with van der Waals surface area (Å²) in [5.41, 5.74) is 0.995. The number of rotatable bonds is 7. The van der Waals surface area contributed by atoms with Gasteiger partial charge in [0.1, 0.15) is 0 Å². The lowest BCUT2D eigenvalue weighted by Gasteiger charge is -2.07. The standard InChI is InChI=1S/C10H21N5/c1-9(2)12-6-4-5-11-7-10-8-15(3)14-13-10/h8-9,11-12H,4-7H2,1-3H3. The third kappa shape index (κ3) is 5.49. The molecule has 0 spiro atoms. The molecule has 0 unspecified atom stereocenters. The number of nitrogens with zero attached hydrogens (tertiary/aromatic N) is 3. The molecule has 5 nitrogen and oxygen atoms in total. The molecule has 2 N–H and O–H groups in total. The molecule has 86 valence electrons. The summed E-state index contributed by atoms with van der Waals surface area (Å²) in [5.74, 6) is 0. The van der Waals surface area contributed by atoms with Gasteiger partial charge in [-0.1, -0.05) is 19.1 Å². The Morgan fingerprint density at radius 2 is 2.20 bits per heavy atom. The summed E-state index contributed by atoms with van der Waals surface area (Å²) in [6.45, 7) is 7.19. The maximum Gasteiger partial charge on any atom is 0.0964 e. The second kappa shape index (κ2) is 6.53. The average molecular weight is 211 g/mol. The second-order valence-corrected chi connectivity index (χ2v) is 4.02. The summed E-state index contributed by atoms with van der Waals surface area (Å²) in [4.78, 5) is 0. The SMILES string of the molecule is CC(C)NCCCNCc1cn(C)nn1. The maximum absolute atomic E-state index is 4.00. The fraction of sp³-hybridized carbons (Fsp3) is 0.800. The van der Waals surface area contributed by atoms with Gasteiger partial charge in [-0.2, -0.15) is 0 Å². The van der Waals surface area contributed by atoms with E-state index >= 15 is 0 Å². The monoisotopic (exact) mass is 211 g/mol. The molecule has 0 aliphatic carbocycles. The highest BCUT2D eigenvalue weighted by Gasteiger charge is 1.97. The summed E-state index contributed by atoms with van der Waals surface area (Å²) >= 11 is 0. The zero-order chi connectivity index (χ0) is 11.1. The highest BCUT2D eigenvalue weighted by molar-refractivity contribution is 4.90. The smallest absolute Gasteiger partial charge is 0.0964 e. The van der Waals surface area contributed by atoms with Gasteiger partial charge in [-0.25, -0.2) is 0 Å². The number of nitrogens with one attached hydrogen (secondary N) is 2. The van der Waals surface area contributed by atoms with Crippen molar-refractivity contribution in [3.63, 3.8) is 0 Å². The van der Waals surface area contributed by atoms with Crippen molar-refractivity contribution in [3.8, 4) is 0 Å². The van der Waals surface area contributed by atoms with Crippen LogP contribution in [0.15, 0.2) is 6.20 Å². The van der Waals surface area contributed by atoms with Crippen molar-refractivity contribution < 1.29 is 0 Å². The van der Waals surface area contributed by atoms with Gasteiger partial charge in [-0.15, -0.1) is 5.10 Å². The molecule has 0 amide bonds. The van der Waals surface area contributed by atoms with Crippen molar-refractivity contribution in [2.75, 3.05) is 13.1 Å². The second-order valence-electron chi connectivity index (χ2n) is 4.02. The Labute approximate surface area is 91.2 Å². The Bertz CT molecular complexity index is 269. The van der Waals surface area contributed by atoms with Gasteiger partial charge in [0.05, 0.1) is 5.69 Å². The molecule has 0 saturated heterocycles. The van der Waals surface area contributed by atoms with Crippen LogP contribution in [-0.4, -0.2) is 34.1 Å². The van der Waals surface area contributed by atoms with Crippen LogP contribution in [0.25, 0.3) is 0 Å². The Balaban J connectivity index is 1.98. The first-order chi connectivity index (χ1) is 7.18. The van der Waals surface area contributed by atoms with Crippen molar-refractivity contribution in [2.45, 2.75) is 32.9 Å². The van der Waals surface area contributed by atoms with Crippen molar-refractivity contribution in [1.82, 2.24) is 25.6 Å². The molecular weight excluding hydrogens is 190 g/mol. The minimum absolute atomic E-state index is 0.574. The highest BCUT2D eigenvalue weighted by atomic mass is 15.4. The molecule has 1 rings (SSSR count). The van der Waals surface area contributed by atoms with Crippen LogP contribution in [0.1, 0.15) is 26.0 Å². The van der Waals surface area contributed by atoms with E-state index in [0.717, 1.165) is 31.7 Å². The van der Waals surface area contributed by atoms with E-state index < -0.39 is 0 Å². The average Bonchev–Trinajstić information content (AvgIpc) is 2.57. The maximum atomic E-state index is 4.00. The van der Waals surface area contributed by atoms with Crippen LogP contribution in [0.5, 0.6) is 0 Å². The molecule has 0 atom stereocenters. The number of aryl methyl sites for hydroxylation is 1. The highest BCUT2D eigenvalue weighted by Crippen LogP contribution is 1.89. The molecule has 1 heterocycles. The van der Waals surface area contributed by atoms with Gasteiger partial charge in [0.25, 0.3) is 0 Å². The molecule has 0 aliphatic heterocycles. The van der Waals surface area contributed by atoms with Crippen LogP contribution in [0, 0.1) is 0 Å². The Kier molecular flexibility index (Phi) is 5.28. The van der Waals surface area contributed by atoms with Crippen molar-refractivity contribution in [1.29, 1.82) is 0 Å². The largest absolute Gasteiger partial charge is 0.314 e. The van der Waals surface area contributed by atoms with Crippen molar-refractivity contribution >= 4 is 0 Å². The van der Waals surface area contributed by atoms with E-state index in [4.69, 9.17) is 0 Å². The van der Waals surface area contributed by atoms with E-state index in [1.165, 1.54) is 0 Å². The summed E-state index contributed by atoms with van der Waals surface area (Å²) < 4.78 is 1.72. The normalized spacial score (nSPS) is 11.2. The van der Waals surface area contributed by atoms with E-state index in [2.05, 4.69) is 34.8 Å². The predicted molar refractivity (Wildman–Crippen MR) is 60.5 cm³/mol. The van der Waals surface area contributed by atoms with Crippen LogP contribution >= 0.6 is 0 Å². The first-order valence-electron chi connectivity index (χ1n) is 5.48. The van der Waals surface area contributed by atoms with E-state index in [9.17, 15) is 0 Å². The zero-order valence-corrected chi connectivity index (χ0v) is 9.82. The third-order valence-electron chi connectivity index (χ3n) is 2.04. The molecule has 0 fully saturated rings. The van der Waals surface area contributed by atoms with E-state index in [1.54, 1.807) is 4.68 Å². The molecule has 0 saturated carbocycles. The van der Waals surface area contributed by atoms with Crippen LogP contribution in [0.4, 0.5) is 0 Å². The van der Waals surface area contributed by atoms with Crippen LogP contribution in [0.2, 0.25) is 0 Å². The van der Waals surface area contributed by atoms with E-state index in [1.807, 2.05) is 13.2 Å². The molecule has 5 heteroatoms. The molecule has 0 aliphatic rings. The predicted octanol–water partition coefficient (Wildman–Crippen LogP) is 0.293. The number of aromatic nitrogens is 3. The molecule has 0 radical (unpaired) electrons. The summed E-state index contributed by atoms with van der Waals surface area (Å²) in [7, 11) is 1.88. The topological polar surface area (TPSA) is 54.8 Å². The molecule has 15 heavy (non-hydrogen) atoms. The third-order valence-corrected chi connectivity index (χ3v) is 2.04. The summed E-state index contributed by atoms with van der Waals surface area (Å²) in [6, 6.07) is 0.574. The number of hydrogen-bond donors (Lipinski definition) is 2. The van der Waals surface area contributed by atoms with Crippen LogP contribution < -0.4 is 10.6 Å². The van der Waals surface area contributed by atoms with Gasteiger partial charge in [-0.05, 0) is 19.5 Å². The summed E-state index contributed by atoms with van der Waals surface area (Å²) in [5, 5.41) is 14.6. The zero-order valence-electron chi connectivity index (χ0n) is 9.82. The first kappa shape index (κ1) is 12.1. The van der Waals surface area contributed by atoms with Gasteiger partial charge in [-0.3, -0.25) is 4.68 Å². The van der Waals surface area contributed by atoms with Gasteiger partial charge < -0.3 is 10.6 Å². The van der Waals surface area contributed by atoms with Crippen LogP contribution in [-0.2, 0) is 13.6 Å². The summed E-state index contributed by atoms with van der Waals surface area (Å²) in [6.07, 6.45) is 3.07. The van der Waals surface area contributed by atoms with Gasteiger partial charge in [0, 0.05) is 25.8 Å². The molecule has 1 aromatic rings. The van der Waals surface area contributed by atoms with Crippen molar-refractivity contribution in [3.05, 3.63) is 11.9 Å². The minimum Gasteiger partial charge on any atom is -0.314 e. The lowest BCUT2D eigenvalue weighted by atomic mass is 10.3. The number of hydrogen-bond acceptors (Lipinski definition) is 4. The lowest BCUT2D eigenvalue weighted by Crippen LogP contribution is -2.26. The van der Waals surface area contributed by atoms with E-state index in [0.29, 0.717) is 6.04 Å². The minimum atomic E-state index is 0.574.